The number of thiophene rings is 1. The van der Waals surface area contributed by atoms with Crippen molar-refractivity contribution in [1.82, 2.24) is 14.8 Å². The number of rotatable bonds is 7. The summed E-state index contributed by atoms with van der Waals surface area (Å²) in [6, 6.07) is 13.9. The number of aromatic nitrogens is 3. The molecule has 10 heteroatoms. The fraction of sp³-hybridized carbons (Fsp3) is 0.333. The molecular weight excluding hydrogens is 432 g/mol. The van der Waals surface area contributed by atoms with E-state index in [1.807, 2.05) is 25.1 Å². The number of hydrogen-bond acceptors (Lipinski definition) is 8. The van der Waals surface area contributed by atoms with Gasteiger partial charge in [-0.3, -0.25) is 9.36 Å². The van der Waals surface area contributed by atoms with Crippen LogP contribution in [-0.4, -0.2) is 52.2 Å². The van der Waals surface area contributed by atoms with Gasteiger partial charge in [0.25, 0.3) is 0 Å². The van der Waals surface area contributed by atoms with Crippen LogP contribution in [0.15, 0.2) is 46.9 Å². The molecule has 31 heavy (non-hydrogen) atoms. The Balaban J connectivity index is 1.54. The van der Waals surface area contributed by atoms with Gasteiger partial charge in [-0.25, -0.2) is 0 Å². The Morgan fingerprint density at radius 2 is 2.06 bits per heavy atom. The Morgan fingerprint density at radius 3 is 2.81 bits per heavy atom. The SMILES string of the molecule is CC(Sc1nnc(N2CCOCC2)n1Cc1ccccc1)C(=O)Nc1sccc1C#N. The van der Waals surface area contributed by atoms with E-state index in [1.54, 1.807) is 11.4 Å². The first-order chi connectivity index (χ1) is 15.2. The number of ether oxygens (including phenoxy) is 1. The van der Waals surface area contributed by atoms with Crippen molar-refractivity contribution in [2.45, 2.75) is 23.9 Å². The van der Waals surface area contributed by atoms with Gasteiger partial charge in [-0.05, 0) is 23.9 Å². The van der Waals surface area contributed by atoms with Crippen LogP contribution in [0.25, 0.3) is 0 Å². The number of anilines is 2. The van der Waals surface area contributed by atoms with E-state index >= 15 is 0 Å². The Morgan fingerprint density at radius 1 is 1.29 bits per heavy atom. The zero-order valence-corrected chi connectivity index (χ0v) is 18.7. The van der Waals surface area contributed by atoms with Gasteiger partial charge in [-0.15, -0.1) is 21.5 Å². The van der Waals surface area contributed by atoms with Gasteiger partial charge < -0.3 is 15.0 Å². The second-order valence-corrected chi connectivity index (χ2v) is 9.20. The largest absolute Gasteiger partial charge is 0.378 e. The summed E-state index contributed by atoms with van der Waals surface area (Å²) in [4.78, 5) is 14.9. The lowest BCUT2D eigenvalue weighted by molar-refractivity contribution is -0.115. The minimum absolute atomic E-state index is 0.175. The maximum absolute atomic E-state index is 12.7. The number of benzene rings is 1. The van der Waals surface area contributed by atoms with Gasteiger partial charge in [0.15, 0.2) is 5.16 Å². The highest BCUT2D eigenvalue weighted by atomic mass is 32.2. The topological polar surface area (TPSA) is 96.1 Å². The molecule has 0 saturated carbocycles. The smallest absolute Gasteiger partial charge is 0.238 e. The summed E-state index contributed by atoms with van der Waals surface area (Å²) < 4.78 is 7.53. The maximum atomic E-state index is 12.7. The van der Waals surface area contributed by atoms with Crippen LogP contribution in [0.3, 0.4) is 0 Å². The molecule has 3 aromatic rings. The highest BCUT2D eigenvalue weighted by molar-refractivity contribution is 8.00. The molecule has 2 aromatic heterocycles. The lowest BCUT2D eigenvalue weighted by Crippen LogP contribution is -2.38. The molecule has 1 atom stereocenters. The monoisotopic (exact) mass is 454 g/mol. The van der Waals surface area contributed by atoms with Gasteiger partial charge in [0.1, 0.15) is 11.1 Å². The normalized spacial score (nSPS) is 14.8. The number of nitrogens with one attached hydrogen (secondary N) is 1. The second kappa shape index (κ2) is 9.96. The average Bonchev–Trinajstić information content (AvgIpc) is 3.41. The molecular formula is C21H22N6O2S2. The van der Waals surface area contributed by atoms with Crippen molar-refractivity contribution in [3.63, 3.8) is 0 Å². The summed E-state index contributed by atoms with van der Waals surface area (Å²) >= 11 is 2.70. The van der Waals surface area contributed by atoms with Crippen molar-refractivity contribution < 1.29 is 9.53 Å². The number of hydrogen-bond donors (Lipinski definition) is 1. The Bertz CT molecular complexity index is 1070. The van der Waals surface area contributed by atoms with Crippen molar-refractivity contribution in [3.8, 4) is 6.07 Å². The van der Waals surface area contributed by atoms with Crippen LogP contribution in [0, 0.1) is 11.3 Å². The average molecular weight is 455 g/mol. The van der Waals surface area contributed by atoms with E-state index < -0.39 is 5.25 Å². The van der Waals surface area contributed by atoms with E-state index in [0.717, 1.165) is 24.6 Å². The van der Waals surface area contributed by atoms with Crippen LogP contribution in [-0.2, 0) is 16.1 Å². The number of carbonyl (C=O) groups is 1. The van der Waals surface area contributed by atoms with Crippen LogP contribution >= 0.6 is 23.1 Å². The molecule has 1 fully saturated rings. The van der Waals surface area contributed by atoms with E-state index in [2.05, 4.69) is 43.2 Å². The molecule has 4 rings (SSSR count). The van der Waals surface area contributed by atoms with Gasteiger partial charge in [0.2, 0.25) is 11.9 Å². The van der Waals surface area contributed by atoms with Gasteiger partial charge in [-0.1, -0.05) is 42.1 Å². The maximum Gasteiger partial charge on any atom is 0.238 e. The molecule has 0 aliphatic carbocycles. The van der Waals surface area contributed by atoms with Crippen LogP contribution in [0.2, 0.25) is 0 Å². The third-order valence-electron chi connectivity index (χ3n) is 4.85. The molecule has 0 spiro atoms. The zero-order valence-electron chi connectivity index (χ0n) is 17.0. The molecule has 1 aromatic carbocycles. The Kier molecular flexibility index (Phi) is 6.86. The van der Waals surface area contributed by atoms with Crippen LogP contribution in [0.5, 0.6) is 0 Å². The number of amides is 1. The van der Waals surface area contributed by atoms with E-state index in [9.17, 15) is 4.79 Å². The lowest BCUT2D eigenvalue weighted by atomic mass is 10.2. The molecule has 8 nitrogen and oxygen atoms in total. The highest BCUT2D eigenvalue weighted by Gasteiger charge is 2.24. The van der Waals surface area contributed by atoms with Crippen LogP contribution in [0.1, 0.15) is 18.1 Å². The summed E-state index contributed by atoms with van der Waals surface area (Å²) in [6.07, 6.45) is 0. The third-order valence-corrected chi connectivity index (χ3v) is 6.76. The standard InChI is InChI=1S/C21H22N6O2S2/c1-15(18(28)23-19-17(13-22)7-12-30-19)31-21-25-24-20(26-8-10-29-11-9-26)27(21)14-16-5-3-2-4-6-16/h2-7,12,15H,8-11,14H2,1H3,(H,23,28). The van der Waals surface area contributed by atoms with Crippen molar-refractivity contribution in [1.29, 1.82) is 5.26 Å². The summed E-state index contributed by atoms with van der Waals surface area (Å²) in [5.74, 6) is 0.610. The molecule has 3 heterocycles. The minimum Gasteiger partial charge on any atom is -0.378 e. The molecule has 160 valence electrons. The van der Waals surface area contributed by atoms with Gasteiger partial charge in [-0.2, -0.15) is 5.26 Å². The van der Waals surface area contributed by atoms with Crippen molar-refractivity contribution >= 4 is 40.0 Å². The Labute approximate surface area is 188 Å². The minimum atomic E-state index is -0.412. The first kappa shape index (κ1) is 21.4. The summed E-state index contributed by atoms with van der Waals surface area (Å²) in [7, 11) is 0. The number of nitrogens with zero attached hydrogens (tertiary/aromatic N) is 5. The summed E-state index contributed by atoms with van der Waals surface area (Å²) in [5, 5.41) is 23.5. The molecule has 1 N–H and O–H groups in total. The second-order valence-electron chi connectivity index (χ2n) is 6.98. The molecule has 0 radical (unpaired) electrons. The quantitative estimate of drug-likeness (QED) is 0.548. The summed E-state index contributed by atoms with van der Waals surface area (Å²) in [6.45, 7) is 5.26. The van der Waals surface area contributed by atoms with Gasteiger partial charge in [0, 0.05) is 13.1 Å². The number of morpholine rings is 1. The summed E-state index contributed by atoms with van der Waals surface area (Å²) in [5.41, 5.74) is 1.60. The van der Waals surface area contributed by atoms with E-state index in [4.69, 9.17) is 10.00 Å². The number of nitriles is 1. The van der Waals surface area contributed by atoms with Crippen molar-refractivity contribution in [2.24, 2.45) is 0 Å². The molecule has 1 amide bonds. The molecule has 1 saturated heterocycles. The molecule has 1 aliphatic heterocycles. The highest BCUT2D eigenvalue weighted by Crippen LogP contribution is 2.29. The predicted molar refractivity (Wildman–Crippen MR) is 122 cm³/mol. The first-order valence-corrected chi connectivity index (χ1v) is 11.7. The van der Waals surface area contributed by atoms with E-state index in [-0.39, 0.29) is 5.91 Å². The Hall–Kier alpha value is -2.87. The zero-order chi connectivity index (χ0) is 21.6. The van der Waals surface area contributed by atoms with Crippen molar-refractivity contribution in [3.05, 3.63) is 52.9 Å². The van der Waals surface area contributed by atoms with E-state index in [0.29, 0.717) is 35.5 Å². The fourth-order valence-electron chi connectivity index (χ4n) is 3.19. The van der Waals surface area contributed by atoms with Gasteiger partial charge in [0.05, 0.1) is 30.6 Å². The number of thioether (sulfide) groups is 1. The van der Waals surface area contributed by atoms with Crippen LogP contribution < -0.4 is 10.2 Å². The van der Waals surface area contributed by atoms with E-state index in [1.165, 1.54) is 23.1 Å². The van der Waals surface area contributed by atoms with Gasteiger partial charge >= 0.3 is 0 Å². The number of carbonyl (C=O) groups excluding carboxylic acids is 1. The van der Waals surface area contributed by atoms with Crippen molar-refractivity contribution in [2.75, 3.05) is 36.5 Å². The predicted octanol–water partition coefficient (Wildman–Crippen LogP) is 3.22. The molecule has 0 bridgehead atoms. The lowest BCUT2D eigenvalue weighted by Gasteiger charge is -2.28. The first-order valence-electron chi connectivity index (χ1n) is 9.90. The molecule has 1 unspecified atom stereocenters. The van der Waals surface area contributed by atoms with Crippen LogP contribution in [0.4, 0.5) is 10.9 Å². The third kappa shape index (κ3) is 5.07. The molecule has 1 aliphatic rings. The fourth-order valence-corrected chi connectivity index (χ4v) is 4.77.